The minimum Gasteiger partial charge on any atom is -0.479 e. The maximum absolute atomic E-state index is 11.7. The molecule has 0 aliphatic heterocycles. The highest BCUT2D eigenvalue weighted by atomic mass is 19.4. The van der Waals surface area contributed by atoms with E-state index in [1.54, 1.807) is 6.92 Å². The number of hydrogen-bond donors (Lipinski definition) is 1. The molecular formula is C7H10F3NO2. The summed E-state index contributed by atoms with van der Waals surface area (Å²) in [5.41, 5.74) is 0. The Kier molecular flexibility index (Phi) is 4.30. The molecule has 0 aliphatic rings. The highest BCUT2D eigenvalue weighted by Crippen LogP contribution is 2.17. The van der Waals surface area contributed by atoms with Crippen LogP contribution in [0.2, 0.25) is 0 Å². The molecular weight excluding hydrogens is 187 g/mol. The minimum absolute atomic E-state index is 0.190. The van der Waals surface area contributed by atoms with E-state index in [0.29, 0.717) is 6.08 Å². The zero-order valence-electron chi connectivity index (χ0n) is 7.23. The van der Waals surface area contributed by atoms with E-state index < -0.39 is 12.0 Å². The van der Waals surface area contributed by atoms with Crippen molar-refractivity contribution in [3.05, 3.63) is 12.0 Å². The molecule has 0 radical (unpaired) electrons. The second kappa shape index (κ2) is 4.74. The van der Waals surface area contributed by atoms with E-state index in [1.807, 2.05) is 0 Å². The topological polar surface area (TPSA) is 38.3 Å². The van der Waals surface area contributed by atoms with Crippen molar-refractivity contribution in [3.8, 4) is 0 Å². The molecule has 0 aromatic carbocycles. The number of hydrogen-bond acceptors (Lipinski definition) is 3. The van der Waals surface area contributed by atoms with Crippen molar-refractivity contribution < 1.29 is 22.7 Å². The Hall–Kier alpha value is -1.20. The number of alkyl halides is 3. The fourth-order valence-corrected chi connectivity index (χ4v) is 0.542. The van der Waals surface area contributed by atoms with Crippen molar-refractivity contribution in [2.45, 2.75) is 13.1 Å². The first kappa shape index (κ1) is 11.8. The van der Waals surface area contributed by atoms with Crippen LogP contribution in [0.5, 0.6) is 0 Å². The number of ether oxygens (including phenoxy) is 1. The van der Waals surface area contributed by atoms with E-state index in [4.69, 9.17) is 0 Å². The molecule has 0 atom stereocenters. The lowest BCUT2D eigenvalue weighted by molar-refractivity contribution is -0.165. The monoisotopic (exact) mass is 197 g/mol. The van der Waals surface area contributed by atoms with Gasteiger partial charge in [-0.2, -0.15) is 13.2 Å². The predicted molar refractivity (Wildman–Crippen MR) is 39.8 cm³/mol. The fourth-order valence-electron chi connectivity index (χ4n) is 0.542. The maximum Gasteiger partial charge on any atom is 0.454 e. The Balaban J connectivity index is 4.42. The van der Waals surface area contributed by atoms with E-state index in [-0.39, 0.29) is 12.5 Å². The van der Waals surface area contributed by atoms with Crippen LogP contribution in [0, 0.1) is 0 Å². The Morgan fingerprint density at radius 3 is 2.38 bits per heavy atom. The zero-order valence-corrected chi connectivity index (χ0v) is 7.23. The summed E-state index contributed by atoms with van der Waals surface area (Å²) < 4.78 is 39.8. The molecule has 0 amide bonds. The highest BCUT2D eigenvalue weighted by molar-refractivity contribution is 5.94. The smallest absolute Gasteiger partial charge is 0.454 e. The molecule has 1 N–H and O–H groups in total. The zero-order chi connectivity index (χ0) is 10.5. The quantitative estimate of drug-likeness (QED) is 0.544. The van der Waals surface area contributed by atoms with Crippen molar-refractivity contribution in [2.75, 3.05) is 13.7 Å². The van der Waals surface area contributed by atoms with Crippen LogP contribution in [0.25, 0.3) is 0 Å². The number of carbonyl (C=O) groups is 1. The summed E-state index contributed by atoms with van der Waals surface area (Å²) in [4.78, 5) is 10.4. The molecule has 0 unspecified atom stereocenters. The van der Waals surface area contributed by atoms with Crippen LogP contribution in [0.4, 0.5) is 13.2 Å². The first-order valence-corrected chi connectivity index (χ1v) is 3.55. The molecule has 13 heavy (non-hydrogen) atoms. The lowest BCUT2D eigenvalue weighted by Crippen LogP contribution is -2.23. The summed E-state index contributed by atoms with van der Waals surface area (Å²) in [6, 6.07) is 0. The average molecular weight is 197 g/mol. The third kappa shape index (κ3) is 4.39. The van der Waals surface area contributed by atoms with Crippen molar-refractivity contribution in [1.29, 1.82) is 0 Å². The van der Waals surface area contributed by atoms with Gasteiger partial charge in [0.1, 0.15) is 0 Å². The van der Waals surface area contributed by atoms with Crippen molar-refractivity contribution >= 4 is 5.78 Å². The van der Waals surface area contributed by atoms with Crippen molar-refractivity contribution in [3.63, 3.8) is 0 Å². The Morgan fingerprint density at radius 1 is 1.54 bits per heavy atom. The van der Waals surface area contributed by atoms with Crippen molar-refractivity contribution in [2.24, 2.45) is 0 Å². The molecule has 6 heteroatoms. The average Bonchev–Trinajstić information content (AvgIpc) is 2.01. The molecule has 0 saturated heterocycles. The summed E-state index contributed by atoms with van der Waals surface area (Å²) in [6.45, 7) is 1.79. The van der Waals surface area contributed by atoms with Gasteiger partial charge in [0.2, 0.25) is 0 Å². The van der Waals surface area contributed by atoms with Gasteiger partial charge in [-0.3, -0.25) is 4.79 Å². The number of carbonyl (C=O) groups excluding carboxylic acids is 1. The van der Waals surface area contributed by atoms with Gasteiger partial charge in [0.05, 0.1) is 12.7 Å². The number of rotatable bonds is 4. The number of nitrogens with one attached hydrogen (secondary N) is 1. The van der Waals surface area contributed by atoms with E-state index >= 15 is 0 Å². The normalized spacial score (nSPS) is 12.5. The van der Waals surface area contributed by atoms with E-state index in [2.05, 4.69) is 10.1 Å². The third-order valence-electron chi connectivity index (χ3n) is 1.09. The molecule has 0 aromatic rings. The standard InChI is InChI=1S/C7H10F3NO2/c1-3-13-6(11-2)4-5(12)7(8,9)10/h4,11H,3H2,1-2H3/b6-4+. The molecule has 0 fully saturated rings. The van der Waals surface area contributed by atoms with Gasteiger partial charge in [0.15, 0.2) is 5.88 Å². The Morgan fingerprint density at radius 2 is 2.08 bits per heavy atom. The fraction of sp³-hybridized carbons (Fsp3) is 0.571. The van der Waals surface area contributed by atoms with E-state index in [0.717, 1.165) is 0 Å². The molecule has 76 valence electrons. The first-order chi connectivity index (χ1) is 5.91. The maximum atomic E-state index is 11.7. The second-order valence-electron chi connectivity index (χ2n) is 2.05. The van der Waals surface area contributed by atoms with Gasteiger partial charge in [-0.25, -0.2) is 0 Å². The van der Waals surface area contributed by atoms with Gasteiger partial charge in [-0.15, -0.1) is 0 Å². The SMILES string of the molecule is CCO/C(=C/C(=O)C(F)(F)F)NC. The molecule has 0 spiro atoms. The molecule has 0 aromatic heterocycles. The summed E-state index contributed by atoms with van der Waals surface area (Å²) in [6.07, 6.45) is -4.47. The Labute approximate surface area is 73.6 Å². The third-order valence-corrected chi connectivity index (χ3v) is 1.09. The van der Waals surface area contributed by atoms with Gasteiger partial charge in [0, 0.05) is 7.05 Å². The van der Waals surface area contributed by atoms with Crippen LogP contribution in [0.3, 0.4) is 0 Å². The Bertz CT molecular complexity index is 210. The van der Waals surface area contributed by atoms with Crippen LogP contribution >= 0.6 is 0 Å². The first-order valence-electron chi connectivity index (χ1n) is 3.55. The summed E-state index contributed by atoms with van der Waals surface area (Å²) in [5, 5.41) is 2.32. The van der Waals surface area contributed by atoms with Gasteiger partial charge in [0.25, 0.3) is 5.78 Å². The van der Waals surface area contributed by atoms with Gasteiger partial charge < -0.3 is 10.1 Å². The van der Waals surface area contributed by atoms with Gasteiger partial charge in [-0.05, 0) is 6.92 Å². The second-order valence-corrected chi connectivity index (χ2v) is 2.05. The van der Waals surface area contributed by atoms with Gasteiger partial charge >= 0.3 is 6.18 Å². The van der Waals surface area contributed by atoms with Crippen LogP contribution in [0.15, 0.2) is 12.0 Å². The molecule has 0 heterocycles. The lowest BCUT2D eigenvalue weighted by atomic mass is 10.3. The van der Waals surface area contributed by atoms with E-state index in [9.17, 15) is 18.0 Å². The summed E-state index contributed by atoms with van der Waals surface area (Å²) in [7, 11) is 1.37. The van der Waals surface area contributed by atoms with Crippen LogP contribution < -0.4 is 5.32 Å². The van der Waals surface area contributed by atoms with Gasteiger partial charge in [-0.1, -0.05) is 0 Å². The number of halogens is 3. The van der Waals surface area contributed by atoms with Crippen LogP contribution in [-0.2, 0) is 9.53 Å². The van der Waals surface area contributed by atoms with Crippen LogP contribution in [-0.4, -0.2) is 25.6 Å². The summed E-state index contributed by atoms with van der Waals surface area (Å²) in [5.74, 6) is -2.13. The summed E-state index contributed by atoms with van der Waals surface area (Å²) >= 11 is 0. The van der Waals surface area contributed by atoms with Crippen LogP contribution in [0.1, 0.15) is 6.92 Å². The molecule has 3 nitrogen and oxygen atoms in total. The molecule has 0 aliphatic carbocycles. The molecule has 0 bridgehead atoms. The van der Waals surface area contributed by atoms with E-state index in [1.165, 1.54) is 7.05 Å². The van der Waals surface area contributed by atoms with Crippen molar-refractivity contribution in [1.82, 2.24) is 5.32 Å². The molecule has 0 saturated carbocycles. The number of allylic oxidation sites excluding steroid dienone is 1. The minimum atomic E-state index is -4.85. The highest BCUT2D eigenvalue weighted by Gasteiger charge is 2.37. The number of ketones is 1. The largest absolute Gasteiger partial charge is 0.479 e. The lowest BCUT2D eigenvalue weighted by Gasteiger charge is -2.07. The predicted octanol–water partition coefficient (Wildman–Crippen LogP) is 1.22. The molecule has 0 rings (SSSR count).